The van der Waals surface area contributed by atoms with Crippen molar-refractivity contribution in [2.45, 2.75) is 95.0 Å². The van der Waals surface area contributed by atoms with Gasteiger partial charge in [0.1, 0.15) is 11.9 Å². The normalized spacial score (nSPS) is 31.1. The molecule has 2 amide bonds. The number of hydrogen-bond donors (Lipinski definition) is 2. The van der Waals surface area contributed by atoms with Crippen molar-refractivity contribution >= 4 is 11.8 Å². The predicted molar refractivity (Wildman–Crippen MR) is 128 cm³/mol. The number of carbonyl (C=O) groups excluding carboxylic acids is 2. The van der Waals surface area contributed by atoms with Gasteiger partial charge in [-0.3, -0.25) is 9.59 Å². The van der Waals surface area contributed by atoms with Crippen molar-refractivity contribution in [1.82, 2.24) is 15.5 Å². The molecule has 9 heteroatoms. The molecule has 196 valence electrons. The summed E-state index contributed by atoms with van der Waals surface area (Å²) < 4.78 is 47.7. The highest BCUT2D eigenvalue weighted by Crippen LogP contribution is 2.33. The number of piperidine rings is 1. The van der Waals surface area contributed by atoms with Gasteiger partial charge < -0.3 is 20.3 Å². The fourth-order valence-corrected chi connectivity index (χ4v) is 6.18. The standard InChI is InChI=1S/C27H34F3N3O3/c1-15-4-11-22(26(34)31-15)33-14-20-19(27(33)35)10-7-17(24(20)28)13-23-21(3-2-12-36-23)32-18-8-5-16(6-9-18)25(29)30/h7,10,16,18,21-23,25,32H,1-6,8-9,11-14H2,(H,31,34)/t16?,18?,21-,22?,23+/m0/s1. The minimum Gasteiger partial charge on any atom is -0.376 e. The number of nitrogens with zero attached hydrogens (tertiary/aromatic N) is 1. The first-order valence-electron chi connectivity index (χ1n) is 13.1. The van der Waals surface area contributed by atoms with Crippen molar-refractivity contribution in [3.05, 3.63) is 46.9 Å². The van der Waals surface area contributed by atoms with Gasteiger partial charge in [-0.2, -0.15) is 0 Å². The molecule has 5 rings (SSSR count). The van der Waals surface area contributed by atoms with Crippen LogP contribution in [0.4, 0.5) is 13.2 Å². The molecule has 1 aromatic rings. The molecule has 3 fully saturated rings. The van der Waals surface area contributed by atoms with Crippen LogP contribution in [0.2, 0.25) is 0 Å². The van der Waals surface area contributed by atoms with Crippen molar-refractivity contribution in [2.24, 2.45) is 5.92 Å². The Bertz CT molecular complexity index is 1030. The maximum atomic E-state index is 15.7. The zero-order chi connectivity index (χ0) is 25.4. The average Bonchev–Trinajstić information content (AvgIpc) is 3.19. The maximum absolute atomic E-state index is 15.7. The Morgan fingerprint density at radius 3 is 2.64 bits per heavy atom. The van der Waals surface area contributed by atoms with E-state index in [0.717, 1.165) is 12.8 Å². The highest BCUT2D eigenvalue weighted by atomic mass is 19.3. The number of ether oxygens (including phenoxy) is 1. The summed E-state index contributed by atoms with van der Waals surface area (Å²) in [6.45, 7) is 4.44. The highest BCUT2D eigenvalue weighted by molar-refractivity contribution is 6.01. The monoisotopic (exact) mass is 505 g/mol. The van der Waals surface area contributed by atoms with Crippen LogP contribution >= 0.6 is 0 Å². The van der Waals surface area contributed by atoms with Crippen molar-refractivity contribution < 1.29 is 27.5 Å². The van der Waals surface area contributed by atoms with Gasteiger partial charge in [0.2, 0.25) is 12.3 Å². The topological polar surface area (TPSA) is 70.7 Å². The Kier molecular flexibility index (Phi) is 7.40. The molecule has 1 aromatic carbocycles. The zero-order valence-corrected chi connectivity index (χ0v) is 20.4. The number of allylic oxidation sites excluding steroid dienone is 1. The third-order valence-electron chi connectivity index (χ3n) is 8.28. The summed E-state index contributed by atoms with van der Waals surface area (Å²) in [6, 6.07) is 2.88. The van der Waals surface area contributed by atoms with Crippen LogP contribution in [0.5, 0.6) is 0 Å². The molecule has 36 heavy (non-hydrogen) atoms. The van der Waals surface area contributed by atoms with Gasteiger partial charge in [-0.25, -0.2) is 13.2 Å². The first-order valence-corrected chi connectivity index (χ1v) is 13.1. The highest BCUT2D eigenvalue weighted by Gasteiger charge is 2.40. The minimum absolute atomic E-state index is 0.0247. The van der Waals surface area contributed by atoms with Crippen molar-refractivity contribution in [3.63, 3.8) is 0 Å². The third-order valence-corrected chi connectivity index (χ3v) is 8.28. The maximum Gasteiger partial charge on any atom is 0.255 e. The van der Waals surface area contributed by atoms with Gasteiger partial charge in [-0.05, 0) is 63.0 Å². The van der Waals surface area contributed by atoms with Gasteiger partial charge in [0.15, 0.2) is 0 Å². The summed E-state index contributed by atoms with van der Waals surface area (Å²) in [6.07, 6.45) is 3.18. The summed E-state index contributed by atoms with van der Waals surface area (Å²) in [4.78, 5) is 26.9. The SMILES string of the molecule is C=C1CCC(N2Cc3c(ccc(C[C@H]4OCCC[C@@H]4NC4CCC(C(F)F)CC4)c3F)C2=O)C(=O)N1. The second-order valence-electron chi connectivity index (χ2n) is 10.6. The molecule has 0 aromatic heterocycles. The lowest BCUT2D eigenvalue weighted by atomic mass is 9.85. The molecule has 0 radical (unpaired) electrons. The molecule has 0 bridgehead atoms. The van der Waals surface area contributed by atoms with Crippen LogP contribution in [-0.4, -0.2) is 54.0 Å². The largest absolute Gasteiger partial charge is 0.376 e. The molecule has 1 saturated carbocycles. The molecule has 1 aliphatic carbocycles. The summed E-state index contributed by atoms with van der Waals surface area (Å²) in [5.74, 6) is -1.52. The van der Waals surface area contributed by atoms with E-state index in [1.165, 1.54) is 4.90 Å². The van der Waals surface area contributed by atoms with Crippen LogP contribution in [-0.2, 0) is 22.5 Å². The van der Waals surface area contributed by atoms with Crippen LogP contribution in [0.25, 0.3) is 0 Å². The lowest BCUT2D eigenvalue weighted by Crippen LogP contribution is -2.50. The number of nitrogens with one attached hydrogen (secondary N) is 2. The number of amides is 2. The van der Waals surface area contributed by atoms with Gasteiger partial charge in [0.25, 0.3) is 5.91 Å². The Morgan fingerprint density at radius 2 is 1.92 bits per heavy atom. The van der Waals surface area contributed by atoms with Gasteiger partial charge in [-0.1, -0.05) is 12.6 Å². The summed E-state index contributed by atoms with van der Waals surface area (Å²) >= 11 is 0. The van der Waals surface area contributed by atoms with Gasteiger partial charge in [0, 0.05) is 47.9 Å². The molecule has 3 aliphatic heterocycles. The second kappa shape index (κ2) is 10.5. The molecule has 4 aliphatic rings. The van der Waals surface area contributed by atoms with Crippen LogP contribution in [0.3, 0.4) is 0 Å². The average molecular weight is 506 g/mol. The first kappa shape index (κ1) is 25.3. The van der Waals surface area contributed by atoms with Gasteiger partial charge >= 0.3 is 0 Å². The quantitative estimate of drug-likeness (QED) is 0.612. The summed E-state index contributed by atoms with van der Waals surface area (Å²) in [5, 5.41) is 6.32. The van der Waals surface area contributed by atoms with E-state index in [1.807, 2.05) is 0 Å². The molecular formula is C27H34F3N3O3. The number of benzene rings is 1. The molecular weight excluding hydrogens is 471 g/mol. The number of halogens is 3. The van der Waals surface area contributed by atoms with E-state index in [9.17, 15) is 18.4 Å². The Balaban J connectivity index is 1.26. The van der Waals surface area contributed by atoms with Crippen LogP contribution in [0, 0.1) is 11.7 Å². The molecule has 2 saturated heterocycles. The van der Waals surface area contributed by atoms with Crippen LogP contribution < -0.4 is 10.6 Å². The zero-order valence-electron chi connectivity index (χ0n) is 20.4. The van der Waals surface area contributed by atoms with E-state index in [-0.39, 0.29) is 36.5 Å². The number of rotatable bonds is 6. The van der Waals surface area contributed by atoms with Gasteiger partial charge in [0.05, 0.1) is 12.6 Å². The van der Waals surface area contributed by atoms with Crippen molar-refractivity contribution in [2.75, 3.05) is 6.61 Å². The Labute approximate surface area is 209 Å². The lowest BCUT2D eigenvalue weighted by molar-refractivity contribution is -0.126. The fraction of sp³-hybridized carbons (Fsp3) is 0.630. The number of carbonyl (C=O) groups is 2. The number of fused-ring (bicyclic) bond motifs is 1. The molecule has 0 spiro atoms. The molecule has 3 heterocycles. The smallest absolute Gasteiger partial charge is 0.255 e. The van der Waals surface area contributed by atoms with Crippen LogP contribution in [0.1, 0.15) is 72.9 Å². The van der Waals surface area contributed by atoms with E-state index in [1.54, 1.807) is 12.1 Å². The van der Waals surface area contributed by atoms with E-state index in [2.05, 4.69) is 17.2 Å². The lowest BCUT2D eigenvalue weighted by Gasteiger charge is -2.37. The molecule has 1 unspecified atom stereocenters. The summed E-state index contributed by atoms with van der Waals surface area (Å²) in [5.41, 5.74) is 1.76. The van der Waals surface area contributed by atoms with E-state index in [0.29, 0.717) is 73.9 Å². The van der Waals surface area contributed by atoms with E-state index >= 15 is 4.39 Å². The van der Waals surface area contributed by atoms with Gasteiger partial charge in [-0.15, -0.1) is 0 Å². The summed E-state index contributed by atoms with van der Waals surface area (Å²) in [7, 11) is 0. The first-order chi connectivity index (χ1) is 17.3. The molecule has 6 nitrogen and oxygen atoms in total. The van der Waals surface area contributed by atoms with E-state index in [4.69, 9.17) is 4.74 Å². The number of hydrogen-bond acceptors (Lipinski definition) is 4. The van der Waals surface area contributed by atoms with Crippen molar-refractivity contribution in [1.29, 1.82) is 0 Å². The second-order valence-corrected chi connectivity index (χ2v) is 10.6. The minimum atomic E-state index is -2.26. The Morgan fingerprint density at radius 1 is 1.14 bits per heavy atom. The molecule has 3 atom stereocenters. The van der Waals surface area contributed by atoms with Crippen LogP contribution in [0.15, 0.2) is 24.4 Å². The predicted octanol–water partition coefficient (Wildman–Crippen LogP) is 4.08. The Hall–Kier alpha value is -2.39. The van der Waals surface area contributed by atoms with Crippen molar-refractivity contribution in [3.8, 4) is 0 Å². The number of alkyl halides is 2. The molecule has 2 N–H and O–H groups in total. The van der Waals surface area contributed by atoms with E-state index < -0.39 is 24.2 Å². The fourth-order valence-electron chi connectivity index (χ4n) is 6.18. The third kappa shape index (κ3) is 5.05.